The molecule has 4 aromatic carbocycles. The van der Waals surface area contributed by atoms with Gasteiger partial charge in [-0.2, -0.15) is 0 Å². The maximum atomic E-state index is 15.0. The van der Waals surface area contributed by atoms with E-state index in [9.17, 15) is 28.3 Å². The molecular formula is C56H78N4O12P2. The molecule has 0 unspecified atom stereocenters. The SMILES string of the molecule is CCOP(=O)(OCC)c1ccc2c(c1)CC[C@@](NC(=O)[C@@H](CC(=O)OC(C)(C)C)Cc1ccc(CP(=O)(OC(C)(C)C)OC(C)(C)C)cc1)(C(=O)N[C@@H](CC(N)=O)C(=O)NCCCc1cccc3ccccc13)C2. The number of primary amides is 1. The number of amides is 4. The second-order valence-corrected chi connectivity index (χ2v) is 25.9. The molecular weight excluding hydrogens is 983 g/mol. The minimum atomic E-state index is -3.69. The molecule has 0 radical (unpaired) electrons. The van der Waals surface area contributed by atoms with E-state index in [1.807, 2.05) is 42.5 Å². The van der Waals surface area contributed by atoms with Crippen LogP contribution in [0.25, 0.3) is 10.8 Å². The van der Waals surface area contributed by atoms with Crippen LogP contribution in [0.3, 0.4) is 0 Å². The van der Waals surface area contributed by atoms with Gasteiger partial charge in [-0.1, -0.05) is 72.8 Å². The van der Waals surface area contributed by atoms with Crippen molar-refractivity contribution in [1.29, 1.82) is 0 Å². The number of benzene rings is 4. The molecule has 4 aromatic rings. The standard InChI is InChI=1S/C56H78N4O12P2/c1-12-68-74(67,69-13-2)45-28-27-43-36-56(30-29-42(43)33-45,52(65)59-47(35-48(57)61)51(64)58-31-17-21-41-20-16-19-40-18-14-15-22-46(40)41)60-50(63)44(34-49(62)70-53(3,4)5)32-38-23-25-39(26-24-38)37-73(66,71-54(6,7)8)72-55(9,10)11/h14-16,18-20,22-28,33,44,47H,12-13,17,21,29-32,34-37H2,1-11H3,(H2,57,61)(H,58,64)(H,59,65)(H,60,63)/t44-,47+,56+/m1/s1. The number of rotatable bonds is 24. The van der Waals surface area contributed by atoms with Crippen LogP contribution in [0.1, 0.15) is 130 Å². The molecule has 18 heteroatoms. The molecule has 4 amide bonds. The Balaban J connectivity index is 1.46. The van der Waals surface area contributed by atoms with Crippen LogP contribution >= 0.6 is 15.2 Å². The van der Waals surface area contributed by atoms with Crippen molar-refractivity contribution in [3.05, 3.63) is 113 Å². The molecule has 1 aliphatic rings. The van der Waals surface area contributed by atoms with Gasteiger partial charge < -0.3 is 44.5 Å². The Morgan fingerprint density at radius 3 is 1.96 bits per heavy atom. The summed E-state index contributed by atoms with van der Waals surface area (Å²) in [6, 6.07) is 24.8. The van der Waals surface area contributed by atoms with E-state index in [4.69, 9.17) is 28.6 Å². The van der Waals surface area contributed by atoms with Crippen molar-refractivity contribution in [3.8, 4) is 0 Å². The topological polar surface area (TPSA) is 228 Å². The summed E-state index contributed by atoms with van der Waals surface area (Å²) in [6.45, 7) is 19.9. The largest absolute Gasteiger partial charge is 0.460 e. The average Bonchev–Trinajstić information content (AvgIpc) is 3.28. The van der Waals surface area contributed by atoms with Gasteiger partial charge in [0.15, 0.2) is 0 Å². The minimum Gasteiger partial charge on any atom is -0.460 e. The first-order valence-electron chi connectivity index (χ1n) is 25.5. The zero-order chi connectivity index (χ0) is 54.7. The number of esters is 1. The number of nitrogens with two attached hydrogens (primary N) is 1. The van der Waals surface area contributed by atoms with Gasteiger partial charge in [0.1, 0.15) is 17.2 Å². The van der Waals surface area contributed by atoms with Crippen molar-refractivity contribution >= 4 is 60.9 Å². The summed E-state index contributed by atoms with van der Waals surface area (Å²) in [5.74, 6) is -4.55. The summed E-state index contributed by atoms with van der Waals surface area (Å²) in [5, 5.41) is 11.2. The molecule has 0 aromatic heterocycles. The summed E-state index contributed by atoms with van der Waals surface area (Å²) in [5.41, 5.74) is 5.39. The number of fused-ring (bicyclic) bond motifs is 2. The molecule has 1 aliphatic carbocycles. The number of hydrogen-bond acceptors (Lipinski definition) is 12. The van der Waals surface area contributed by atoms with E-state index in [2.05, 4.69) is 16.0 Å². The summed E-state index contributed by atoms with van der Waals surface area (Å²) in [4.78, 5) is 70.0. The number of nitrogens with one attached hydrogen (secondary N) is 3. The second kappa shape index (κ2) is 25.1. The second-order valence-electron chi connectivity index (χ2n) is 21.9. The molecule has 0 bridgehead atoms. The Kier molecular flexibility index (Phi) is 20.2. The molecule has 0 spiro atoms. The number of hydrogen-bond donors (Lipinski definition) is 4. The van der Waals surface area contributed by atoms with Crippen molar-refractivity contribution in [2.75, 3.05) is 19.8 Å². The predicted molar refractivity (Wildman–Crippen MR) is 288 cm³/mol. The lowest BCUT2D eigenvalue weighted by atomic mass is 9.76. The fourth-order valence-corrected chi connectivity index (χ4v) is 13.2. The third-order valence-corrected chi connectivity index (χ3v) is 16.5. The Morgan fingerprint density at radius 1 is 0.730 bits per heavy atom. The third kappa shape index (κ3) is 17.7. The normalized spacial score (nSPS) is 16.1. The van der Waals surface area contributed by atoms with Gasteiger partial charge in [0, 0.05) is 13.0 Å². The number of carbonyl (C=O) groups is 5. The van der Waals surface area contributed by atoms with Crippen molar-refractivity contribution in [2.24, 2.45) is 11.7 Å². The van der Waals surface area contributed by atoms with Gasteiger partial charge in [-0.15, -0.1) is 0 Å². The minimum absolute atomic E-state index is 0.00568. The molecule has 0 fully saturated rings. The lowest BCUT2D eigenvalue weighted by Gasteiger charge is -2.39. The molecule has 16 nitrogen and oxygen atoms in total. The third-order valence-electron chi connectivity index (χ3n) is 12.0. The predicted octanol–water partition coefficient (Wildman–Crippen LogP) is 9.10. The number of carbonyl (C=O) groups excluding carboxylic acids is 5. The molecule has 404 valence electrons. The molecule has 0 aliphatic heterocycles. The summed E-state index contributed by atoms with van der Waals surface area (Å²) in [6.07, 6.45) is 0.497. The van der Waals surface area contributed by atoms with E-state index < -0.39 is 85.5 Å². The quantitative estimate of drug-likeness (QED) is 0.0293. The smallest absolute Gasteiger partial charge is 0.361 e. The van der Waals surface area contributed by atoms with Crippen LogP contribution in [0.2, 0.25) is 0 Å². The first-order valence-corrected chi connectivity index (χ1v) is 28.8. The van der Waals surface area contributed by atoms with Crippen LogP contribution in [-0.4, -0.2) is 77.7 Å². The Morgan fingerprint density at radius 2 is 1.35 bits per heavy atom. The molecule has 74 heavy (non-hydrogen) atoms. The first-order chi connectivity index (χ1) is 34.5. The Hall–Kier alpha value is -5.21. The Labute approximate surface area is 437 Å². The van der Waals surface area contributed by atoms with Crippen LogP contribution in [0.4, 0.5) is 0 Å². The van der Waals surface area contributed by atoms with Gasteiger partial charge >= 0.3 is 21.2 Å². The monoisotopic (exact) mass is 1060 g/mol. The number of ether oxygens (including phenoxy) is 1. The van der Waals surface area contributed by atoms with Crippen LogP contribution in [0, 0.1) is 5.92 Å². The van der Waals surface area contributed by atoms with E-state index in [-0.39, 0.29) is 58.0 Å². The molecule has 5 N–H and O–H groups in total. The van der Waals surface area contributed by atoms with E-state index in [1.54, 1.807) is 119 Å². The fourth-order valence-electron chi connectivity index (χ4n) is 9.05. The molecule has 5 rings (SSSR count). The zero-order valence-corrected chi connectivity index (χ0v) is 46.9. The van der Waals surface area contributed by atoms with Crippen molar-refractivity contribution in [1.82, 2.24) is 16.0 Å². The molecule has 0 saturated carbocycles. The van der Waals surface area contributed by atoms with E-state index in [0.29, 0.717) is 34.8 Å². The molecule has 0 heterocycles. The average molecular weight is 1060 g/mol. The highest BCUT2D eigenvalue weighted by Crippen LogP contribution is 2.57. The number of aryl methyl sites for hydroxylation is 2. The molecule has 0 saturated heterocycles. The lowest BCUT2D eigenvalue weighted by molar-refractivity contribution is -0.157. The maximum absolute atomic E-state index is 15.0. The lowest BCUT2D eigenvalue weighted by Crippen LogP contribution is -2.65. The van der Waals surface area contributed by atoms with Crippen molar-refractivity contribution < 1.29 is 55.9 Å². The maximum Gasteiger partial charge on any atom is 0.361 e. The summed E-state index contributed by atoms with van der Waals surface area (Å²) < 4.78 is 56.9. The van der Waals surface area contributed by atoms with Gasteiger partial charge in [-0.3, -0.25) is 33.1 Å². The van der Waals surface area contributed by atoms with Crippen LogP contribution in [0.15, 0.2) is 84.9 Å². The van der Waals surface area contributed by atoms with E-state index >= 15 is 4.79 Å². The fraction of sp³-hybridized carbons (Fsp3) is 0.518. The van der Waals surface area contributed by atoms with E-state index in [0.717, 1.165) is 21.9 Å². The summed E-state index contributed by atoms with van der Waals surface area (Å²) >= 11 is 0. The van der Waals surface area contributed by atoms with Crippen LogP contribution in [-0.2, 0) is 87.8 Å². The highest BCUT2D eigenvalue weighted by molar-refractivity contribution is 7.62. The van der Waals surface area contributed by atoms with Crippen LogP contribution in [0.5, 0.6) is 0 Å². The van der Waals surface area contributed by atoms with Gasteiger partial charge in [-0.25, -0.2) is 0 Å². The van der Waals surface area contributed by atoms with Crippen molar-refractivity contribution in [3.63, 3.8) is 0 Å². The molecule has 3 atom stereocenters. The van der Waals surface area contributed by atoms with Crippen LogP contribution < -0.4 is 27.0 Å². The highest BCUT2D eigenvalue weighted by Gasteiger charge is 2.46. The van der Waals surface area contributed by atoms with Crippen molar-refractivity contribution in [2.45, 2.75) is 162 Å². The van der Waals surface area contributed by atoms with Gasteiger partial charge in [0.25, 0.3) is 0 Å². The van der Waals surface area contributed by atoms with Gasteiger partial charge in [-0.05, 0) is 159 Å². The zero-order valence-electron chi connectivity index (χ0n) is 45.1. The van der Waals surface area contributed by atoms with E-state index in [1.165, 1.54) is 0 Å². The van der Waals surface area contributed by atoms with Gasteiger partial charge in [0.2, 0.25) is 23.6 Å². The van der Waals surface area contributed by atoms with Gasteiger partial charge in [0.05, 0.1) is 54.6 Å². The summed E-state index contributed by atoms with van der Waals surface area (Å²) in [7, 11) is -7.34. The highest BCUT2D eigenvalue weighted by atomic mass is 31.2. The first kappa shape index (κ1) is 59.7. The Bertz CT molecular complexity index is 2690.